The average molecular weight is 341 g/mol. The van der Waals surface area contributed by atoms with Gasteiger partial charge in [0.25, 0.3) is 5.56 Å². The summed E-state index contributed by atoms with van der Waals surface area (Å²) in [5.74, 6) is -1.40. The highest BCUT2D eigenvalue weighted by Gasteiger charge is 2.35. The van der Waals surface area contributed by atoms with Crippen molar-refractivity contribution in [2.24, 2.45) is 0 Å². The first-order chi connectivity index (χ1) is 11.9. The molecule has 7 nitrogen and oxygen atoms in total. The number of carbonyl (C=O) groups is 2. The van der Waals surface area contributed by atoms with Gasteiger partial charge < -0.3 is 9.72 Å². The average Bonchev–Trinajstić information content (AvgIpc) is 2.65. The standard InChI is InChI=1S/C18H19N3O4/c1-4-25-14(22)9-21-13-8-10(2)20-17(23)15(13)12-6-5-7-19-16(12)11(3)18(21)24/h5-8,11H,4,9H2,1-3H3,(H,20,23). The van der Waals surface area contributed by atoms with Crippen molar-refractivity contribution in [3.8, 4) is 11.1 Å². The lowest BCUT2D eigenvalue weighted by molar-refractivity contribution is -0.142. The lowest BCUT2D eigenvalue weighted by atomic mass is 9.98. The summed E-state index contributed by atoms with van der Waals surface area (Å²) in [5.41, 5.74) is 2.15. The van der Waals surface area contributed by atoms with Crippen molar-refractivity contribution in [2.75, 3.05) is 18.1 Å². The Hall–Kier alpha value is -2.96. The molecule has 0 radical (unpaired) electrons. The number of nitrogens with zero attached hydrogens (tertiary/aromatic N) is 2. The zero-order chi connectivity index (χ0) is 18.1. The molecule has 1 aliphatic rings. The molecule has 25 heavy (non-hydrogen) atoms. The summed E-state index contributed by atoms with van der Waals surface area (Å²) in [6.07, 6.45) is 1.59. The molecule has 0 bridgehead atoms. The number of hydrogen-bond donors (Lipinski definition) is 1. The summed E-state index contributed by atoms with van der Waals surface area (Å²) in [7, 11) is 0. The lowest BCUT2D eigenvalue weighted by Gasteiger charge is -2.23. The van der Waals surface area contributed by atoms with Gasteiger partial charge in [0.15, 0.2) is 0 Å². The zero-order valence-corrected chi connectivity index (χ0v) is 14.3. The van der Waals surface area contributed by atoms with Gasteiger partial charge >= 0.3 is 5.97 Å². The number of carbonyl (C=O) groups excluding carboxylic acids is 2. The summed E-state index contributed by atoms with van der Waals surface area (Å²) in [6, 6.07) is 5.19. The van der Waals surface area contributed by atoms with Crippen LogP contribution in [-0.2, 0) is 14.3 Å². The van der Waals surface area contributed by atoms with Crippen molar-refractivity contribution in [3.05, 3.63) is 46.1 Å². The van der Waals surface area contributed by atoms with E-state index in [4.69, 9.17) is 4.74 Å². The number of hydrogen-bond acceptors (Lipinski definition) is 5. The molecule has 0 saturated heterocycles. The smallest absolute Gasteiger partial charge is 0.326 e. The Morgan fingerprint density at radius 1 is 1.40 bits per heavy atom. The second kappa shape index (κ2) is 6.51. The molecule has 2 aromatic heterocycles. The van der Waals surface area contributed by atoms with Crippen LogP contribution in [0.15, 0.2) is 29.2 Å². The topological polar surface area (TPSA) is 92.4 Å². The zero-order valence-electron chi connectivity index (χ0n) is 14.3. The third-order valence-electron chi connectivity index (χ3n) is 4.18. The maximum Gasteiger partial charge on any atom is 0.326 e. The fourth-order valence-corrected chi connectivity index (χ4v) is 3.09. The molecule has 0 spiro atoms. The monoisotopic (exact) mass is 341 g/mol. The number of rotatable bonds is 3. The van der Waals surface area contributed by atoms with Crippen molar-refractivity contribution in [2.45, 2.75) is 26.7 Å². The maximum absolute atomic E-state index is 13.0. The quantitative estimate of drug-likeness (QED) is 0.859. The number of amides is 1. The van der Waals surface area contributed by atoms with E-state index >= 15 is 0 Å². The number of anilines is 1. The van der Waals surface area contributed by atoms with Crippen LogP contribution in [0.2, 0.25) is 0 Å². The first-order valence-electron chi connectivity index (χ1n) is 8.10. The number of aromatic amines is 1. The van der Waals surface area contributed by atoms with Crippen LogP contribution in [0.25, 0.3) is 11.1 Å². The summed E-state index contributed by atoms with van der Waals surface area (Å²) >= 11 is 0. The van der Waals surface area contributed by atoms with Crippen molar-refractivity contribution in [1.29, 1.82) is 0 Å². The molecular weight excluding hydrogens is 322 g/mol. The molecule has 1 atom stereocenters. The van der Waals surface area contributed by atoms with Crippen molar-refractivity contribution in [3.63, 3.8) is 0 Å². The van der Waals surface area contributed by atoms with E-state index in [2.05, 4.69) is 9.97 Å². The van der Waals surface area contributed by atoms with E-state index in [1.54, 1.807) is 45.2 Å². The summed E-state index contributed by atoms with van der Waals surface area (Å²) in [6.45, 7) is 5.13. The molecule has 2 aromatic rings. The van der Waals surface area contributed by atoms with Gasteiger partial charge in [-0.15, -0.1) is 0 Å². The highest BCUT2D eigenvalue weighted by molar-refractivity contribution is 6.06. The minimum atomic E-state index is -0.585. The number of nitrogens with one attached hydrogen (secondary N) is 1. The maximum atomic E-state index is 13.0. The largest absolute Gasteiger partial charge is 0.465 e. The van der Waals surface area contributed by atoms with Crippen LogP contribution in [0.4, 0.5) is 5.69 Å². The third kappa shape index (κ3) is 2.93. The fourth-order valence-electron chi connectivity index (χ4n) is 3.09. The van der Waals surface area contributed by atoms with Gasteiger partial charge in [-0.2, -0.15) is 0 Å². The molecule has 0 aliphatic carbocycles. The van der Waals surface area contributed by atoms with Crippen LogP contribution in [0.3, 0.4) is 0 Å². The summed E-state index contributed by atoms with van der Waals surface area (Å²) < 4.78 is 4.99. The second-order valence-electron chi connectivity index (χ2n) is 5.93. The van der Waals surface area contributed by atoms with Crippen LogP contribution in [0.1, 0.15) is 31.2 Å². The number of ether oxygens (including phenoxy) is 1. The molecule has 1 unspecified atom stereocenters. The van der Waals surface area contributed by atoms with E-state index in [-0.39, 0.29) is 24.6 Å². The Labute approximate surface area is 144 Å². The van der Waals surface area contributed by atoms with E-state index < -0.39 is 11.9 Å². The number of esters is 1. The Kier molecular flexibility index (Phi) is 4.39. The van der Waals surface area contributed by atoms with Crippen LogP contribution >= 0.6 is 0 Å². The first kappa shape index (κ1) is 16.9. The van der Waals surface area contributed by atoms with Gasteiger partial charge in [-0.1, -0.05) is 6.07 Å². The highest BCUT2D eigenvalue weighted by atomic mass is 16.5. The SMILES string of the molecule is CCOC(=O)CN1C(=O)C(C)c2ncccc2-c2c1cc(C)[nH]c2=O. The summed E-state index contributed by atoms with van der Waals surface area (Å²) in [5, 5.41) is 0. The van der Waals surface area contributed by atoms with E-state index in [0.717, 1.165) is 0 Å². The Morgan fingerprint density at radius 2 is 2.16 bits per heavy atom. The Morgan fingerprint density at radius 3 is 2.88 bits per heavy atom. The highest BCUT2D eigenvalue weighted by Crippen LogP contribution is 2.37. The minimum absolute atomic E-state index is 0.222. The second-order valence-corrected chi connectivity index (χ2v) is 5.93. The van der Waals surface area contributed by atoms with Crippen molar-refractivity contribution >= 4 is 17.6 Å². The number of fused-ring (bicyclic) bond motifs is 3. The molecular formula is C18H19N3O4. The molecule has 3 rings (SSSR count). The van der Waals surface area contributed by atoms with Gasteiger partial charge in [0.2, 0.25) is 5.91 Å². The minimum Gasteiger partial charge on any atom is -0.465 e. The normalized spacial score (nSPS) is 16.0. The molecule has 1 amide bonds. The van der Waals surface area contributed by atoms with Crippen LogP contribution in [0.5, 0.6) is 0 Å². The van der Waals surface area contributed by atoms with Crippen LogP contribution in [0, 0.1) is 6.92 Å². The van der Waals surface area contributed by atoms with Gasteiger partial charge in [0.1, 0.15) is 6.54 Å². The predicted molar refractivity (Wildman–Crippen MR) is 92.4 cm³/mol. The number of H-pyrrole nitrogens is 1. The first-order valence-corrected chi connectivity index (χ1v) is 8.10. The molecule has 0 fully saturated rings. The lowest BCUT2D eigenvalue weighted by Crippen LogP contribution is -2.39. The van der Waals surface area contributed by atoms with E-state index in [9.17, 15) is 14.4 Å². The molecule has 3 heterocycles. The number of aromatic nitrogens is 2. The Bertz CT molecular complexity index is 903. The van der Waals surface area contributed by atoms with Gasteiger partial charge in [0.05, 0.1) is 29.5 Å². The van der Waals surface area contributed by atoms with E-state index in [1.165, 1.54) is 4.90 Å². The molecule has 0 saturated carbocycles. The van der Waals surface area contributed by atoms with Gasteiger partial charge in [-0.3, -0.25) is 24.3 Å². The number of aryl methyl sites for hydroxylation is 1. The Balaban J connectivity index is 2.26. The van der Waals surface area contributed by atoms with Crippen LogP contribution < -0.4 is 10.5 Å². The predicted octanol–water partition coefficient (Wildman–Crippen LogP) is 1.76. The number of pyridine rings is 2. The van der Waals surface area contributed by atoms with Gasteiger partial charge in [0, 0.05) is 17.5 Å². The molecule has 130 valence electrons. The van der Waals surface area contributed by atoms with Crippen molar-refractivity contribution in [1.82, 2.24) is 9.97 Å². The van der Waals surface area contributed by atoms with Crippen molar-refractivity contribution < 1.29 is 14.3 Å². The van der Waals surface area contributed by atoms with E-state index in [1.807, 2.05) is 0 Å². The molecule has 1 aliphatic heterocycles. The van der Waals surface area contributed by atoms with Crippen LogP contribution in [-0.4, -0.2) is 35.0 Å². The van der Waals surface area contributed by atoms with Gasteiger partial charge in [-0.05, 0) is 32.9 Å². The fraction of sp³-hybridized carbons (Fsp3) is 0.333. The van der Waals surface area contributed by atoms with Gasteiger partial charge in [-0.25, -0.2) is 0 Å². The molecule has 0 aromatic carbocycles. The molecule has 7 heteroatoms. The molecule has 1 N–H and O–H groups in total. The van der Waals surface area contributed by atoms with E-state index in [0.29, 0.717) is 28.2 Å². The third-order valence-corrected chi connectivity index (χ3v) is 4.18. The summed E-state index contributed by atoms with van der Waals surface area (Å²) in [4.78, 5) is 46.0.